The molecule has 0 atom stereocenters. The van der Waals surface area contributed by atoms with Crippen LogP contribution >= 0.6 is 11.8 Å². The Hall–Kier alpha value is -2.60. The van der Waals surface area contributed by atoms with E-state index < -0.39 is 5.97 Å². The first-order valence-electron chi connectivity index (χ1n) is 7.38. The van der Waals surface area contributed by atoms with Crippen molar-refractivity contribution in [3.8, 4) is 0 Å². The molecule has 5 nitrogen and oxygen atoms in total. The highest BCUT2D eigenvalue weighted by atomic mass is 32.2. The fourth-order valence-corrected chi connectivity index (χ4v) is 2.80. The van der Waals surface area contributed by atoms with E-state index in [1.54, 1.807) is 30.0 Å². The maximum absolute atomic E-state index is 12.2. The predicted octanol–water partition coefficient (Wildman–Crippen LogP) is 3.08. The van der Waals surface area contributed by atoms with E-state index in [-0.39, 0.29) is 12.2 Å². The fraction of sp³-hybridized carbons (Fsp3) is 0.167. The van der Waals surface area contributed by atoms with E-state index in [1.807, 2.05) is 37.4 Å². The molecule has 0 N–H and O–H groups in total. The highest BCUT2D eigenvalue weighted by Crippen LogP contribution is 2.15. The number of hydrogen-bond acceptors (Lipinski definition) is 5. The van der Waals surface area contributed by atoms with Crippen LogP contribution in [0.1, 0.15) is 21.7 Å². The molecular formula is C18H16N2O3S. The Morgan fingerprint density at radius 1 is 1.21 bits per heavy atom. The molecule has 122 valence electrons. The van der Waals surface area contributed by atoms with Crippen LogP contribution in [0.4, 0.5) is 0 Å². The number of ether oxygens (including phenoxy) is 1. The van der Waals surface area contributed by atoms with Crippen molar-refractivity contribution in [2.45, 2.75) is 18.4 Å². The van der Waals surface area contributed by atoms with Gasteiger partial charge < -0.3 is 4.74 Å². The first-order chi connectivity index (χ1) is 11.6. The van der Waals surface area contributed by atoms with Crippen molar-refractivity contribution in [2.75, 3.05) is 6.26 Å². The summed E-state index contributed by atoms with van der Waals surface area (Å²) in [5, 5.41) is 0. The van der Waals surface area contributed by atoms with E-state index >= 15 is 0 Å². The summed E-state index contributed by atoms with van der Waals surface area (Å²) in [6.07, 6.45) is 1.97. The van der Waals surface area contributed by atoms with Crippen LogP contribution in [-0.4, -0.2) is 21.6 Å². The molecule has 2 heterocycles. The molecule has 0 aliphatic heterocycles. The van der Waals surface area contributed by atoms with Gasteiger partial charge in [-0.1, -0.05) is 6.07 Å². The molecule has 0 spiro atoms. The minimum Gasteiger partial charge on any atom is -0.456 e. The van der Waals surface area contributed by atoms with Crippen molar-refractivity contribution in [1.29, 1.82) is 0 Å². The van der Waals surface area contributed by atoms with Crippen LogP contribution < -0.4 is 5.56 Å². The highest BCUT2D eigenvalue weighted by Gasteiger charge is 2.09. The summed E-state index contributed by atoms with van der Waals surface area (Å²) in [5.41, 5.74) is 2.06. The standard InChI is InChI=1S/C18H16N2O3S/c1-12-4-3-5-16-19-14(10-17(21)20(12)16)11-23-18(22)13-6-8-15(24-2)9-7-13/h3-10H,11H2,1-2H3. The Morgan fingerprint density at radius 2 is 1.96 bits per heavy atom. The van der Waals surface area contributed by atoms with Gasteiger partial charge in [0.2, 0.25) is 0 Å². The average molecular weight is 340 g/mol. The number of aromatic nitrogens is 2. The molecule has 0 bridgehead atoms. The molecule has 3 aromatic rings. The molecular weight excluding hydrogens is 324 g/mol. The second kappa shape index (κ2) is 6.88. The SMILES string of the molecule is CSc1ccc(C(=O)OCc2cc(=O)n3c(C)cccc3n2)cc1. The molecule has 3 rings (SSSR count). The third-order valence-corrected chi connectivity index (χ3v) is 4.35. The minimum atomic E-state index is -0.436. The normalized spacial score (nSPS) is 10.8. The molecule has 0 radical (unpaired) electrons. The number of pyridine rings is 1. The van der Waals surface area contributed by atoms with E-state index in [0.29, 0.717) is 16.9 Å². The van der Waals surface area contributed by atoms with Gasteiger partial charge in [0.25, 0.3) is 5.56 Å². The van der Waals surface area contributed by atoms with Crippen LogP contribution in [0.2, 0.25) is 0 Å². The summed E-state index contributed by atoms with van der Waals surface area (Å²) in [6.45, 7) is 1.80. The molecule has 1 aromatic carbocycles. The van der Waals surface area contributed by atoms with Gasteiger partial charge in [0.1, 0.15) is 12.3 Å². The number of nitrogens with zero attached hydrogens (tertiary/aromatic N) is 2. The van der Waals surface area contributed by atoms with Gasteiger partial charge in [-0.3, -0.25) is 9.20 Å². The Kier molecular flexibility index (Phi) is 4.66. The number of esters is 1. The average Bonchev–Trinajstić information content (AvgIpc) is 2.59. The molecule has 0 aliphatic rings. The van der Waals surface area contributed by atoms with Gasteiger partial charge in [0, 0.05) is 16.7 Å². The van der Waals surface area contributed by atoms with Gasteiger partial charge in [-0.05, 0) is 49.6 Å². The lowest BCUT2D eigenvalue weighted by molar-refractivity contribution is 0.0467. The Labute approximate surface area is 143 Å². The Balaban J connectivity index is 1.77. The lowest BCUT2D eigenvalue weighted by Gasteiger charge is -2.08. The van der Waals surface area contributed by atoms with Crippen molar-refractivity contribution in [1.82, 2.24) is 9.38 Å². The first-order valence-corrected chi connectivity index (χ1v) is 8.60. The summed E-state index contributed by atoms with van der Waals surface area (Å²) in [7, 11) is 0. The molecule has 0 aliphatic carbocycles. The molecule has 24 heavy (non-hydrogen) atoms. The van der Waals surface area contributed by atoms with Gasteiger partial charge in [0.15, 0.2) is 0 Å². The largest absolute Gasteiger partial charge is 0.456 e. The number of rotatable bonds is 4. The zero-order chi connectivity index (χ0) is 17.1. The Morgan fingerprint density at radius 3 is 2.67 bits per heavy atom. The summed E-state index contributed by atoms with van der Waals surface area (Å²) in [4.78, 5) is 29.7. The Bertz CT molecular complexity index is 949. The lowest BCUT2D eigenvalue weighted by Crippen LogP contribution is -2.18. The van der Waals surface area contributed by atoms with Crippen molar-refractivity contribution < 1.29 is 9.53 Å². The smallest absolute Gasteiger partial charge is 0.338 e. The number of fused-ring (bicyclic) bond motifs is 1. The summed E-state index contributed by atoms with van der Waals surface area (Å²) in [5.74, 6) is -0.436. The van der Waals surface area contributed by atoms with Crippen molar-refractivity contribution in [3.05, 3.63) is 75.8 Å². The maximum atomic E-state index is 12.2. The van der Waals surface area contributed by atoms with Gasteiger partial charge in [-0.15, -0.1) is 11.8 Å². The minimum absolute atomic E-state index is 0.0389. The topological polar surface area (TPSA) is 60.7 Å². The van der Waals surface area contributed by atoms with Gasteiger partial charge >= 0.3 is 5.97 Å². The number of carbonyl (C=O) groups is 1. The van der Waals surface area contributed by atoms with Crippen LogP contribution in [-0.2, 0) is 11.3 Å². The third kappa shape index (κ3) is 3.33. The van der Waals surface area contributed by atoms with Crippen molar-refractivity contribution in [3.63, 3.8) is 0 Å². The quantitative estimate of drug-likeness (QED) is 0.539. The van der Waals surface area contributed by atoms with Crippen LogP contribution in [0.3, 0.4) is 0 Å². The second-order valence-corrected chi connectivity index (χ2v) is 6.13. The monoisotopic (exact) mass is 340 g/mol. The van der Waals surface area contributed by atoms with E-state index in [0.717, 1.165) is 10.6 Å². The van der Waals surface area contributed by atoms with Crippen LogP contribution in [0.5, 0.6) is 0 Å². The van der Waals surface area contributed by atoms with Crippen LogP contribution in [0.15, 0.2) is 58.2 Å². The zero-order valence-corrected chi connectivity index (χ0v) is 14.2. The van der Waals surface area contributed by atoms with Crippen molar-refractivity contribution >= 4 is 23.4 Å². The van der Waals surface area contributed by atoms with Crippen molar-refractivity contribution in [2.24, 2.45) is 0 Å². The summed E-state index contributed by atoms with van der Waals surface area (Å²) >= 11 is 1.60. The van der Waals surface area contributed by atoms with Crippen LogP contribution in [0, 0.1) is 6.92 Å². The van der Waals surface area contributed by atoms with E-state index in [9.17, 15) is 9.59 Å². The number of thioether (sulfide) groups is 1. The summed E-state index contributed by atoms with van der Waals surface area (Å²) < 4.78 is 6.79. The molecule has 0 unspecified atom stereocenters. The maximum Gasteiger partial charge on any atom is 0.338 e. The number of aryl methyl sites for hydroxylation is 1. The summed E-state index contributed by atoms with van der Waals surface area (Å²) in [6, 6.07) is 14.0. The zero-order valence-electron chi connectivity index (χ0n) is 13.4. The molecule has 0 fully saturated rings. The van der Waals surface area contributed by atoms with E-state index in [2.05, 4.69) is 4.98 Å². The van der Waals surface area contributed by atoms with E-state index in [1.165, 1.54) is 10.5 Å². The second-order valence-electron chi connectivity index (χ2n) is 5.25. The van der Waals surface area contributed by atoms with Gasteiger partial charge in [-0.2, -0.15) is 0 Å². The predicted molar refractivity (Wildman–Crippen MR) is 93.5 cm³/mol. The fourth-order valence-electron chi connectivity index (χ4n) is 2.39. The number of benzene rings is 1. The number of carbonyl (C=O) groups excluding carboxylic acids is 1. The molecule has 6 heteroatoms. The highest BCUT2D eigenvalue weighted by molar-refractivity contribution is 7.98. The molecule has 0 saturated heterocycles. The molecule has 0 saturated carbocycles. The third-order valence-electron chi connectivity index (χ3n) is 3.61. The molecule has 0 amide bonds. The van der Waals surface area contributed by atoms with Gasteiger partial charge in [0.05, 0.1) is 11.3 Å². The van der Waals surface area contributed by atoms with E-state index in [4.69, 9.17) is 4.74 Å². The first kappa shape index (κ1) is 16.3. The van der Waals surface area contributed by atoms with Crippen LogP contribution in [0.25, 0.3) is 5.65 Å². The lowest BCUT2D eigenvalue weighted by atomic mass is 10.2. The van der Waals surface area contributed by atoms with Gasteiger partial charge in [-0.25, -0.2) is 9.78 Å². The molecule has 2 aromatic heterocycles. The number of hydrogen-bond donors (Lipinski definition) is 0.